The van der Waals surface area contributed by atoms with Crippen molar-refractivity contribution < 1.29 is 9.53 Å². The van der Waals surface area contributed by atoms with Crippen molar-refractivity contribution in [2.24, 2.45) is 5.41 Å². The molecule has 142 valence electrons. The molecule has 0 aromatic heterocycles. The van der Waals surface area contributed by atoms with Gasteiger partial charge in [-0.2, -0.15) is 0 Å². The maximum atomic E-state index is 12.7. The first kappa shape index (κ1) is 21.7. The molecule has 0 heterocycles. The molecule has 0 bridgehead atoms. The second kappa shape index (κ2) is 11.3. The maximum Gasteiger partial charge on any atom is 0.323 e. The molecule has 0 radical (unpaired) electrons. The van der Waals surface area contributed by atoms with Crippen LogP contribution in [0.25, 0.3) is 0 Å². The largest absolute Gasteiger partial charge is 0.460 e. The van der Waals surface area contributed by atoms with Crippen LogP contribution in [0.1, 0.15) is 71.8 Å². The molecular formula is C22H37NO2. The Labute approximate surface area is 154 Å². The fourth-order valence-corrected chi connectivity index (χ4v) is 3.24. The number of rotatable bonds is 12. The number of likely N-dealkylation sites (N-methyl/N-ethyl adjacent to an activating group) is 1. The van der Waals surface area contributed by atoms with Gasteiger partial charge in [0, 0.05) is 0 Å². The maximum absolute atomic E-state index is 12.7. The van der Waals surface area contributed by atoms with Gasteiger partial charge < -0.3 is 4.74 Å². The van der Waals surface area contributed by atoms with Gasteiger partial charge in [-0.25, -0.2) is 0 Å². The summed E-state index contributed by atoms with van der Waals surface area (Å²) in [6.07, 6.45) is 6.53. The van der Waals surface area contributed by atoms with Crippen molar-refractivity contribution in [2.45, 2.75) is 78.9 Å². The van der Waals surface area contributed by atoms with Crippen LogP contribution in [0.4, 0.5) is 0 Å². The monoisotopic (exact) mass is 347 g/mol. The molecule has 1 aromatic carbocycles. The van der Waals surface area contributed by atoms with Gasteiger partial charge in [0.1, 0.15) is 12.6 Å². The minimum absolute atomic E-state index is 0.0882. The summed E-state index contributed by atoms with van der Waals surface area (Å²) in [5, 5.41) is 0. The van der Waals surface area contributed by atoms with Crippen LogP contribution in [-0.4, -0.2) is 30.5 Å². The Balaban J connectivity index is 2.66. The van der Waals surface area contributed by atoms with Gasteiger partial charge in [-0.3, -0.25) is 9.69 Å². The van der Waals surface area contributed by atoms with Gasteiger partial charge in [0.05, 0.1) is 0 Å². The standard InChI is InChI=1S/C22H37NO2/c1-6-8-17-23(5)20(14-16-22(3,4)15-7-2)21(24)25-18-19-12-10-9-11-13-19/h9-13,20H,6-8,14-18H2,1-5H3. The molecule has 0 aliphatic rings. The summed E-state index contributed by atoms with van der Waals surface area (Å²) in [6, 6.07) is 9.76. The molecule has 1 atom stereocenters. The molecule has 0 saturated carbocycles. The lowest BCUT2D eigenvalue weighted by molar-refractivity contribution is -0.151. The smallest absolute Gasteiger partial charge is 0.323 e. The summed E-state index contributed by atoms with van der Waals surface area (Å²) in [4.78, 5) is 14.9. The highest BCUT2D eigenvalue weighted by molar-refractivity contribution is 5.75. The number of carbonyl (C=O) groups is 1. The quantitative estimate of drug-likeness (QED) is 0.472. The van der Waals surface area contributed by atoms with Gasteiger partial charge in [0.2, 0.25) is 0 Å². The van der Waals surface area contributed by atoms with E-state index in [1.807, 2.05) is 30.3 Å². The zero-order chi connectivity index (χ0) is 18.7. The Morgan fingerprint density at radius 3 is 2.40 bits per heavy atom. The Kier molecular flexibility index (Phi) is 9.81. The summed E-state index contributed by atoms with van der Waals surface area (Å²) >= 11 is 0. The summed E-state index contributed by atoms with van der Waals surface area (Å²) in [5.74, 6) is -0.0882. The Morgan fingerprint density at radius 2 is 1.80 bits per heavy atom. The lowest BCUT2D eigenvalue weighted by Gasteiger charge is -2.30. The average Bonchev–Trinajstić information content (AvgIpc) is 2.59. The first-order chi connectivity index (χ1) is 11.9. The fourth-order valence-electron chi connectivity index (χ4n) is 3.24. The second-order valence-electron chi connectivity index (χ2n) is 7.90. The minimum Gasteiger partial charge on any atom is -0.460 e. The van der Waals surface area contributed by atoms with Gasteiger partial charge in [-0.15, -0.1) is 0 Å². The van der Waals surface area contributed by atoms with E-state index in [1.165, 1.54) is 12.8 Å². The summed E-state index contributed by atoms with van der Waals surface area (Å²) in [5.41, 5.74) is 1.32. The van der Waals surface area contributed by atoms with Crippen molar-refractivity contribution in [3.05, 3.63) is 35.9 Å². The van der Waals surface area contributed by atoms with Crippen LogP contribution in [0, 0.1) is 5.41 Å². The second-order valence-corrected chi connectivity index (χ2v) is 7.90. The number of nitrogens with zero attached hydrogens (tertiary/aromatic N) is 1. The molecule has 25 heavy (non-hydrogen) atoms. The van der Waals surface area contributed by atoms with Crippen LogP contribution >= 0.6 is 0 Å². The number of ether oxygens (including phenoxy) is 1. The normalized spacial score (nSPS) is 13.0. The van der Waals surface area contributed by atoms with E-state index >= 15 is 0 Å². The molecule has 1 rings (SSSR count). The highest BCUT2D eigenvalue weighted by Gasteiger charge is 2.27. The topological polar surface area (TPSA) is 29.5 Å². The molecule has 0 aliphatic carbocycles. The summed E-state index contributed by atoms with van der Waals surface area (Å²) < 4.78 is 5.64. The molecule has 3 nitrogen and oxygen atoms in total. The van der Waals surface area contributed by atoms with Crippen LogP contribution in [0.15, 0.2) is 30.3 Å². The summed E-state index contributed by atoms with van der Waals surface area (Å²) in [6.45, 7) is 10.3. The molecule has 1 aromatic rings. The van der Waals surface area contributed by atoms with Gasteiger partial charge in [0.15, 0.2) is 0 Å². The van der Waals surface area contributed by atoms with E-state index in [0.717, 1.165) is 37.8 Å². The van der Waals surface area contributed by atoms with E-state index in [0.29, 0.717) is 6.61 Å². The number of carbonyl (C=O) groups excluding carboxylic acids is 1. The van der Waals surface area contributed by atoms with Gasteiger partial charge in [-0.1, -0.05) is 70.9 Å². The van der Waals surface area contributed by atoms with Crippen LogP contribution < -0.4 is 0 Å². The van der Waals surface area contributed by atoms with E-state index < -0.39 is 0 Å². The molecular weight excluding hydrogens is 310 g/mol. The Bertz CT molecular complexity index is 484. The van der Waals surface area contributed by atoms with E-state index in [2.05, 4.69) is 39.6 Å². The molecule has 0 aliphatic heterocycles. The number of hydrogen-bond acceptors (Lipinski definition) is 3. The first-order valence-corrected chi connectivity index (χ1v) is 9.80. The minimum atomic E-state index is -0.147. The zero-order valence-electron chi connectivity index (χ0n) is 16.9. The molecule has 0 spiro atoms. The predicted octanol–water partition coefficient (Wildman–Crippen LogP) is 5.44. The van der Waals surface area contributed by atoms with Crippen molar-refractivity contribution in [1.82, 2.24) is 4.90 Å². The number of benzene rings is 1. The van der Waals surface area contributed by atoms with Crippen LogP contribution in [-0.2, 0) is 16.1 Å². The SMILES string of the molecule is CCCCN(C)C(CCC(C)(C)CCC)C(=O)OCc1ccccc1. The van der Waals surface area contributed by atoms with E-state index in [4.69, 9.17) is 4.74 Å². The van der Waals surface area contributed by atoms with Crippen molar-refractivity contribution in [2.75, 3.05) is 13.6 Å². The van der Waals surface area contributed by atoms with Crippen molar-refractivity contribution >= 4 is 5.97 Å². The summed E-state index contributed by atoms with van der Waals surface area (Å²) in [7, 11) is 2.05. The lowest BCUT2D eigenvalue weighted by Crippen LogP contribution is -2.41. The van der Waals surface area contributed by atoms with Gasteiger partial charge in [-0.05, 0) is 50.3 Å². The number of esters is 1. The third kappa shape index (κ3) is 8.53. The average molecular weight is 348 g/mol. The Hall–Kier alpha value is -1.35. The van der Waals surface area contributed by atoms with E-state index in [-0.39, 0.29) is 17.4 Å². The van der Waals surface area contributed by atoms with Gasteiger partial charge in [0.25, 0.3) is 0 Å². The molecule has 0 N–H and O–H groups in total. The molecule has 0 saturated heterocycles. The van der Waals surface area contributed by atoms with E-state index in [1.54, 1.807) is 0 Å². The third-order valence-corrected chi connectivity index (χ3v) is 4.91. The lowest BCUT2D eigenvalue weighted by atomic mass is 9.82. The van der Waals surface area contributed by atoms with Crippen LogP contribution in [0.3, 0.4) is 0 Å². The molecule has 3 heteroatoms. The zero-order valence-corrected chi connectivity index (χ0v) is 16.9. The Morgan fingerprint density at radius 1 is 1.12 bits per heavy atom. The number of hydrogen-bond donors (Lipinski definition) is 0. The van der Waals surface area contributed by atoms with Crippen LogP contribution in [0.2, 0.25) is 0 Å². The number of unbranched alkanes of at least 4 members (excludes halogenated alkanes) is 1. The van der Waals surface area contributed by atoms with Crippen molar-refractivity contribution in [1.29, 1.82) is 0 Å². The third-order valence-electron chi connectivity index (χ3n) is 4.91. The molecule has 1 unspecified atom stereocenters. The van der Waals surface area contributed by atoms with Crippen LogP contribution in [0.5, 0.6) is 0 Å². The fraction of sp³-hybridized carbons (Fsp3) is 0.682. The first-order valence-electron chi connectivity index (χ1n) is 9.80. The highest BCUT2D eigenvalue weighted by atomic mass is 16.5. The highest BCUT2D eigenvalue weighted by Crippen LogP contribution is 2.29. The van der Waals surface area contributed by atoms with Crippen molar-refractivity contribution in [3.8, 4) is 0 Å². The van der Waals surface area contributed by atoms with E-state index in [9.17, 15) is 4.79 Å². The molecule has 0 fully saturated rings. The van der Waals surface area contributed by atoms with Crippen molar-refractivity contribution in [3.63, 3.8) is 0 Å². The molecule has 0 amide bonds. The predicted molar refractivity (Wildman–Crippen MR) is 105 cm³/mol. The van der Waals surface area contributed by atoms with Gasteiger partial charge >= 0.3 is 5.97 Å².